The minimum atomic E-state index is -0.315. The Labute approximate surface area is 144 Å². The highest BCUT2D eigenvalue weighted by atomic mass is 35.5. The molecule has 0 saturated heterocycles. The van der Waals surface area contributed by atoms with Crippen molar-refractivity contribution < 1.29 is 4.79 Å². The zero-order valence-electron chi connectivity index (χ0n) is 13.3. The smallest absolute Gasteiger partial charge is 0.220 e. The lowest BCUT2D eigenvalue weighted by Gasteiger charge is -2.28. The highest BCUT2D eigenvalue weighted by Gasteiger charge is 2.28. The monoisotopic (exact) mass is 344 g/mol. The van der Waals surface area contributed by atoms with Gasteiger partial charge in [0.2, 0.25) is 5.91 Å². The normalized spacial score (nSPS) is 21.3. The molecule has 0 spiro atoms. The highest BCUT2D eigenvalue weighted by Crippen LogP contribution is 2.27. The Bertz CT molecular complexity index is 505. The Balaban J connectivity index is 0.00000242. The first-order valence-electron chi connectivity index (χ1n) is 7.67. The molecular formula is C17H26Cl2N2O. The van der Waals surface area contributed by atoms with Gasteiger partial charge in [-0.25, -0.2) is 0 Å². The molecule has 0 aromatic heterocycles. The number of nitrogens with two attached hydrogens (primary N) is 1. The van der Waals surface area contributed by atoms with Crippen molar-refractivity contribution in [3.63, 3.8) is 0 Å². The summed E-state index contributed by atoms with van der Waals surface area (Å²) in [4.78, 5) is 12.2. The van der Waals surface area contributed by atoms with Crippen LogP contribution >= 0.6 is 24.0 Å². The fraction of sp³-hybridized carbons (Fsp3) is 0.588. The van der Waals surface area contributed by atoms with Crippen molar-refractivity contribution >= 4 is 29.9 Å². The Morgan fingerprint density at radius 1 is 1.36 bits per heavy atom. The maximum absolute atomic E-state index is 12.2. The Morgan fingerprint density at radius 3 is 2.64 bits per heavy atom. The Kier molecular flexibility index (Phi) is 7.17. The largest absolute Gasteiger partial charge is 0.351 e. The van der Waals surface area contributed by atoms with E-state index in [1.165, 1.54) is 0 Å². The second-order valence-electron chi connectivity index (χ2n) is 6.76. The van der Waals surface area contributed by atoms with Crippen molar-refractivity contribution in [2.24, 2.45) is 11.7 Å². The quantitative estimate of drug-likeness (QED) is 0.855. The average Bonchev–Trinajstić information content (AvgIpc) is 2.77. The van der Waals surface area contributed by atoms with Crippen LogP contribution in [0.3, 0.4) is 0 Å². The number of halogens is 2. The van der Waals surface area contributed by atoms with Crippen LogP contribution in [0.15, 0.2) is 24.3 Å². The summed E-state index contributed by atoms with van der Waals surface area (Å²) in [5, 5.41) is 3.87. The second kappa shape index (κ2) is 8.19. The molecular weight excluding hydrogens is 319 g/mol. The maximum Gasteiger partial charge on any atom is 0.220 e. The molecule has 2 rings (SSSR count). The first-order valence-corrected chi connectivity index (χ1v) is 8.05. The maximum atomic E-state index is 12.2. The lowest BCUT2D eigenvalue weighted by molar-refractivity contribution is -0.123. The van der Waals surface area contributed by atoms with Gasteiger partial charge in [0.1, 0.15) is 0 Å². The van der Waals surface area contributed by atoms with E-state index in [4.69, 9.17) is 17.3 Å². The van der Waals surface area contributed by atoms with Crippen molar-refractivity contribution in [2.45, 2.75) is 57.5 Å². The number of benzene rings is 1. The molecule has 3 N–H and O–H groups in total. The summed E-state index contributed by atoms with van der Waals surface area (Å²) in [7, 11) is 0. The minimum absolute atomic E-state index is 0. The molecule has 5 heteroatoms. The molecule has 0 bridgehead atoms. The van der Waals surface area contributed by atoms with Crippen LogP contribution in [0.25, 0.3) is 0 Å². The fourth-order valence-electron chi connectivity index (χ4n) is 3.15. The van der Waals surface area contributed by atoms with Crippen LogP contribution in [0.1, 0.15) is 45.1 Å². The molecule has 124 valence electrons. The van der Waals surface area contributed by atoms with E-state index in [1.54, 1.807) is 0 Å². The van der Waals surface area contributed by atoms with Gasteiger partial charge in [0, 0.05) is 23.0 Å². The number of carbonyl (C=O) groups is 1. The van der Waals surface area contributed by atoms with Gasteiger partial charge in [-0.1, -0.05) is 36.2 Å². The Morgan fingerprint density at radius 2 is 2.05 bits per heavy atom. The summed E-state index contributed by atoms with van der Waals surface area (Å²) in [6.07, 6.45) is 4.50. The standard InChI is InChI=1S/C17H25ClN2O.ClH/c1-17(2,11-13-6-3-4-8-14(13)18)20-16(21)10-12-7-5-9-15(12)19;/h3-4,6,8,12,15H,5,7,9-11,19H2,1-2H3,(H,20,21);1H/t12-,15+;/m0./s1. The predicted molar refractivity (Wildman–Crippen MR) is 94.6 cm³/mol. The van der Waals surface area contributed by atoms with E-state index in [0.717, 1.165) is 36.3 Å². The summed E-state index contributed by atoms with van der Waals surface area (Å²) in [6.45, 7) is 4.06. The van der Waals surface area contributed by atoms with Gasteiger partial charge >= 0.3 is 0 Å². The van der Waals surface area contributed by atoms with Crippen LogP contribution in [0.4, 0.5) is 0 Å². The van der Waals surface area contributed by atoms with E-state index < -0.39 is 0 Å². The van der Waals surface area contributed by atoms with E-state index in [9.17, 15) is 4.79 Å². The summed E-state index contributed by atoms with van der Waals surface area (Å²) in [5.74, 6) is 0.426. The van der Waals surface area contributed by atoms with Gasteiger partial charge in [0.25, 0.3) is 0 Å². The van der Waals surface area contributed by atoms with Crippen molar-refractivity contribution in [3.8, 4) is 0 Å². The highest BCUT2D eigenvalue weighted by molar-refractivity contribution is 6.31. The molecule has 0 aliphatic heterocycles. The lowest BCUT2D eigenvalue weighted by Crippen LogP contribution is -2.46. The topological polar surface area (TPSA) is 55.1 Å². The van der Waals surface area contributed by atoms with Crippen molar-refractivity contribution in [1.82, 2.24) is 5.32 Å². The molecule has 1 aromatic rings. The number of rotatable bonds is 5. The van der Waals surface area contributed by atoms with Gasteiger partial charge in [-0.15, -0.1) is 12.4 Å². The second-order valence-corrected chi connectivity index (χ2v) is 7.17. The van der Waals surface area contributed by atoms with Crippen LogP contribution in [0.5, 0.6) is 0 Å². The zero-order chi connectivity index (χ0) is 15.5. The number of nitrogens with one attached hydrogen (secondary N) is 1. The summed E-state index contributed by atoms with van der Waals surface area (Å²) in [5.41, 5.74) is 6.78. The SMILES string of the molecule is CC(C)(Cc1ccccc1Cl)NC(=O)C[C@@H]1CCC[C@H]1N.Cl. The summed E-state index contributed by atoms with van der Waals surface area (Å²) in [6, 6.07) is 7.95. The van der Waals surface area contributed by atoms with E-state index in [2.05, 4.69) is 5.32 Å². The third kappa shape index (κ3) is 5.45. The summed E-state index contributed by atoms with van der Waals surface area (Å²) >= 11 is 6.19. The molecule has 0 heterocycles. The number of hydrogen-bond donors (Lipinski definition) is 2. The number of hydrogen-bond acceptors (Lipinski definition) is 2. The lowest BCUT2D eigenvalue weighted by atomic mass is 9.93. The van der Waals surface area contributed by atoms with Crippen LogP contribution in [-0.4, -0.2) is 17.5 Å². The molecule has 1 aliphatic carbocycles. The van der Waals surface area contributed by atoms with Crippen molar-refractivity contribution in [2.75, 3.05) is 0 Å². The van der Waals surface area contributed by atoms with Crippen LogP contribution < -0.4 is 11.1 Å². The molecule has 3 nitrogen and oxygen atoms in total. The molecule has 1 aliphatic rings. The third-order valence-corrected chi connectivity index (χ3v) is 4.60. The molecule has 1 amide bonds. The van der Waals surface area contributed by atoms with Crippen molar-refractivity contribution in [1.29, 1.82) is 0 Å². The molecule has 1 saturated carbocycles. The van der Waals surface area contributed by atoms with Crippen LogP contribution in [0, 0.1) is 5.92 Å². The molecule has 1 aromatic carbocycles. The molecule has 0 radical (unpaired) electrons. The van der Waals surface area contributed by atoms with Crippen molar-refractivity contribution in [3.05, 3.63) is 34.9 Å². The van der Waals surface area contributed by atoms with E-state index in [1.807, 2.05) is 38.1 Å². The molecule has 0 unspecified atom stereocenters. The van der Waals surface area contributed by atoms with E-state index in [-0.39, 0.29) is 29.9 Å². The Hall–Kier alpha value is -0.770. The van der Waals surface area contributed by atoms with Crippen LogP contribution in [-0.2, 0) is 11.2 Å². The third-order valence-electron chi connectivity index (χ3n) is 4.23. The van der Waals surface area contributed by atoms with Gasteiger partial charge in [0.05, 0.1) is 0 Å². The molecule has 2 atom stereocenters. The predicted octanol–water partition coefficient (Wildman–Crippen LogP) is 3.72. The average molecular weight is 345 g/mol. The molecule has 1 fully saturated rings. The first-order chi connectivity index (χ1) is 9.87. The van der Waals surface area contributed by atoms with E-state index in [0.29, 0.717) is 12.3 Å². The van der Waals surface area contributed by atoms with Gasteiger partial charge in [-0.05, 0) is 50.7 Å². The van der Waals surface area contributed by atoms with E-state index >= 15 is 0 Å². The van der Waals surface area contributed by atoms with Crippen LogP contribution in [0.2, 0.25) is 5.02 Å². The van der Waals surface area contributed by atoms with Gasteiger partial charge in [-0.3, -0.25) is 4.79 Å². The summed E-state index contributed by atoms with van der Waals surface area (Å²) < 4.78 is 0. The first kappa shape index (κ1) is 19.3. The van der Waals surface area contributed by atoms with Gasteiger partial charge in [0.15, 0.2) is 0 Å². The fourth-order valence-corrected chi connectivity index (χ4v) is 3.35. The number of amides is 1. The zero-order valence-corrected chi connectivity index (χ0v) is 14.8. The number of carbonyl (C=O) groups excluding carboxylic acids is 1. The van der Waals surface area contributed by atoms with Gasteiger partial charge in [-0.2, -0.15) is 0 Å². The molecule has 22 heavy (non-hydrogen) atoms. The van der Waals surface area contributed by atoms with Gasteiger partial charge < -0.3 is 11.1 Å². The minimum Gasteiger partial charge on any atom is -0.351 e.